The maximum absolute atomic E-state index is 2.21. The Morgan fingerprint density at radius 1 is 1.30 bits per heavy atom. The quantitative estimate of drug-likeness (QED) is 0.513. The van der Waals surface area contributed by atoms with E-state index in [0.29, 0.717) is 0 Å². The molecule has 0 heteroatoms. The van der Waals surface area contributed by atoms with Gasteiger partial charge in [-0.15, -0.1) is 0 Å². The molecular weight excluding hydrogens is 120 g/mol. The standard InChI is InChI=1S/C10H10/c1-2-8-6-7-9-4-3-5-10(8)9/h3-7H,2H2,1H3/p+1. The van der Waals surface area contributed by atoms with E-state index in [1.54, 1.807) is 0 Å². The van der Waals surface area contributed by atoms with Gasteiger partial charge in [0.1, 0.15) is 0 Å². The zero-order valence-corrected chi connectivity index (χ0v) is 6.09. The molecule has 0 aliphatic heterocycles. The highest BCUT2D eigenvalue weighted by Gasteiger charge is 2.13. The molecule has 10 heavy (non-hydrogen) atoms. The van der Waals surface area contributed by atoms with Crippen molar-refractivity contribution in [2.75, 3.05) is 0 Å². The number of hydrogen-bond acceptors (Lipinski definition) is 0. The Hall–Kier alpha value is -1.04. The molecule has 2 aliphatic rings. The van der Waals surface area contributed by atoms with Crippen LogP contribution in [0, 0.1) is 0 Å². The Labute approximate surface area is 62.7 Å². The Bertz CT molecular complexity index is 277. The van der Waals surface area contributed by atoms with E-state index >= 15 is 0 Å². The van der Waals surface area contributed by atoms with Gasteiger partial charge in [-0.3, -0.25) is 0 Å². The topological polar surface area (TPSA) is 0 Å². The van der Waals surface area contributed by atoms with Crippen molar-refractivity contribution in [3.63, 3.8) is 0 Å². The third-order valence-corrected chi connectivity index (χ3v) is 2.04. The highest BCUT2D eigenvalue weighted by atomic mass is 14.2. The molecule has 0 aromatic carbocycles. The van der Waals surface area contributed by atoms with Gasteiger partial charge in [0.2, 0.25) is 0 Å². The van der Waals surface area contributed by atoms with Crippen LogP contribution in [-0.2, 0) is 0 Å². The Morgan fingerprint density at radius 2 is 2.20 bits per heavy atom. The molecule has 2 aliphatic carbocycles. The molecule has 0 N–H and O–H groups in total. The second kappa shape index (κ2) is 1.98. The van der Waals surface area contributed by atoms with E-state index in [-0.39, 0.29) is 1.43 Å². The van der Waals surface area contributed by atoms with Crippen molar-refractivity contribution < 1.29 is 1.43 Å². The molecule has 0 radical (unpaired) electrons. The summed E-state index contributed by atoms with van der Waals surface area (Å²) in [6.07, 6.45) is 12.0. The Morgan fingerprint density at radius 3 is 3.00 bits per heavy atom. The number of rotatable bonds is 1. The predicted molar refractivity (Wildman–Crippen MR) is 44.8 cm³/mol. The minimum atomic E-state index is 0. The zero-order chi connectivity index (χ0) is 6.97. The lowest BCUT2D eigenvalue weighted by Gasteiger charge is -1.99. The molecule has 0 fully saturated rings. The Balaban J connectivity index is 0.000000605. The summed E-state index contributed by atoms with van der Waals surface area (Å²) in [4.78, 5) is 0. The Kier molecular flexibility index (Phi) is 1.13. The van der Waals surface area contributed by atoms with E-state index in [2.05, 4.69) is 37.3 Å². The third kappa shape index (κ3) is 0.621. The summed E-state index contributed by atoms with van der Waals surface area (Å²) in [5, 5.41) is 0. The van der Waals surface area contributed by atoms with Crippen LogP contribution in [0.5, 0.6) is 0 Å². The van der Waals surface area contributed by atoms with Crippen molar-refractivity contribution in [3.05, 3.63) is 47.1 Å². The average molecular weight is 131 g/mol. The molecule has 50 valence electrons. The summed E-state index contributed by atoms with van der Waals surface area (Å²) in [5.74, 6) is 0. The molecule has 0 atom stereocenters. The summed E-state index contributed by atoms with van der Waals surface area (Å²) in [6.45, 7) is 2.20. The third-order valence-electron chi connectivity index (χ3n) is 2.04. The fourth-order valence-corrected chi connectivity index (χ4v) is 1.46. The van der Waals surface area contributed by atoms with E-state index in [4.69, 9.17) is 0 Å². The van der Waals surface area contributed by atoms with Crippen LogP contribution in [0.25, 0.3) is 0 Å². The fourth-order valence-electron chi connectivity index (χ4n) is 1.46. The summed E-state index contributed by atoms with van der Waals surface area (Å²) >= 11 is 0. The molecule has 2 rings (SSSR count). The molecule has 0 saturated carbocycles. The first-order valence-electron chi connectivity index (χ1n) is 3.72. The van der Waals surface area contributed by atoms with Gasteiger partial charge >= 0.3 is 1.43 Å². The molecule has 0 aromatic rings. The van der Waals surface area contributed by atoms with Crippen LogP contribution in [0.4, 0.5) is 0 Å². The minimum absolute atomic E-state index is 0. The van der Waals surface area contributed by atoms with Crippen molar-refractivity contribution >= 4 is 0 Å². The first kappa shape index (κ1) is 5.72. The van der Waals surface area contributed by atoms with Crippen molar-refractivity contribution in [1.29, 1.82) is 0 Å². The van der Waals surface area contributed by atoms with Crippen molar-refractivity contribution in [1.82, 2.24) is 0 Å². The maximum atomic E-state index is 2.21. The molecular formula is C10H11+. The van der Waals surface area contributed by atoms with Gasteiger partial charge in [0.05, 0.1) is 0 Å². The smallest absolute Gasteiger partial charge is 0.0613 e. The van der Waals surface area contributed by atoms with Crippen LogP contribution in [0.15, 0.2) is 47.1 Å². The van der Waals surface area contributed by atoms with E-state index in [9.17, 15) is 0 Å². The number of fused-ring (bicyclic) bond motifs is 1. The summed E-state index contributed by atoms with van der Waals surface area (Å²) < 4.78 is 0. The second-order valence-corrected chi connectivity index (χ2v) is 2.61. The lowest BCUT2D eigenvalue weighted by Crippen LogP contribution is -1.80. The first-order valence-corrected chi connectivity index (χ1v) is 3.72. The lowest BCUT2D eigenvalue weighted by molar-refractivity contribution is 1.13. The van der Waals surface area contributed by atoms with Crippen molar-refractivity contribution in [3.8, 4) is 0 Å². The fraction of sp³-hybridized carbons (Fsp3) is 0.200. The van der Waals surface area contributed by atoms with Gasteiger partial charge in [-0.1, -0.05) is 37.3 Å². The SMILES string of the molecule is CCC1=CC=C2C=CC=C21.[H+]. The number of hydrogen-bond donors (Lipinski definition) is 0. The van der Waals surface area contributed by atoms with E-state index in [0.717, 1.165) is 6.42 Å². The van der Waals surface area contributed by atoms with Gasteiger partial charge < -0.3 is 0 Å². The largest absolute Gasteiger partial charge is 1.00 e. The highest BCUT2D eigenvalue weighted by molar-refractivity contribution is 5.63. The van der Waals surface area contributed by atoms with Crippen LogP contribution in [-0.4, -0.2) is 0 Å². The van der Waals surface area contributed by atoms with Crippen LogP contribution < -0.4 is 0 Å². The monoisotopic (exact) mass is 131 g/mol. The normalized spacial score (nSPS) is 20.3. The summed E-state index contributed by atoms with van der Waals surface area (Å²) in [7, 11) is 0. The second-order valence-electron chi connectivity index (χ2n) is 2.61. The summed E-state index contributed by atoms with van der Waals surface area (Å²) in [6, 6.07) is 0. The molecule has 0 saturated heterocycles. The molecule has 0 amide bonds. The van der Waals surface area contributed by atoms with E-state index < -0.39 is 0 Å². The van der Waals surface area contributed by atoms with Crippen LogP contribution in [0.2, 0.25) is 0 Å². The summed E-state index contributed by atoms with van der Waals surface area (Å²) in [5.41, 5.74) is 4.29. The average Bonchev–Trinajstić information content (AvgIpc) is 2.44. The minimum Gasteiger partial charge on any atom is -0.0613 e. The van der Waals surface area contributed by atoms with Gasteiger partial charge in [0, 0.05) is 0 Å². The molecule has 0 heterocycles. The van der Waals surface area contributed by atoms with Crippen LogP contribution in [0.3, 0.4) is 0 Å². The van der Waals surface area contributed by atoms with Gasteiger partial charge in [-0.2, -0.15) is 0 Å². The van der Waals surface area contributed by atoms with Crippen LogP contribution >= 0.6 is 0 Å². The van der Waals surface area contributed by atoms with Crippen molar-refractivity contribution in [2.45, 2.75) is 13.3 Å². The van der Waals surface area contributed by atoms with Crippen molar-refractivity contribution in [2.24, 2.45) is 0 Å². The maximum Gasteiger partial charge on any atom is 1.00 e. The predicted octanol–water partition coefficient (Wildman–Crippen LogP) is 2.87. The zero-order valence-electron chi connectivity index (χ0n) is 7.09. The van der Waals surface area contributed by atoms with Gasteiger partial charge in [-0.05, 0) is 23.1 Å². The van der Waals surface area contributed by atoms with E-state index in [1.807, 2.05) is 0 Å². The highest BCUT2D eigenvalue weighted by Crippen LogP contribution is 2.32. The molecule has 0 aromatic heterocycles. The molecule has 0 bridgehead atoms. The number of allylic oxidation sites excluding steroid dienone is 8. The van der Waals surface area contributed by atoms with E-state index in [1.165, 1.54) is 16.7 Å². The lowest BCUT2D eigenvalue weighted by atomic mass is 10.1. The van der Waals surface area contributed by atoms with Crippen LogP contribution in [0.1, 0.15) is 14.8 Å². The van der Waals surface area contributed by atoms with Gasteiger partial charge in [-0.25, -0.2) is 0 Å². The molecule has 0 nitrogen and oxygen atoms in total. The van der Waals surface area contributed by atoms with Gasteiger partial charge in [0.15, 0.2) is 0 Å². The first-order chi connectivity index (χ1) is 4.92. The van der Waals surface area contributed by atoms with Gasteiger partial charge in [0.25, 0.3) is 0 Å². The molecule has 0 spiro atoms. The molecule has 0 unspecified atom stereocenters.